The Morgan fingerprint density at radius 3 is 2.69 bits per heavy atom. The van der Waals surface area contributed by atoms with Gasteiger partial charge in [0.25, 0.3) is 0 Å². The topological polar surface area (TPSA) is 40.5 Å². The molecule has 0 fully saturated rings. The van der Waals surface area contributed by atoms with Gasteiger partial charge in [-0.05, 0) is 12.6 Å². The van der Waals surface area contributed by atoms with Crippen molar-refractivity contribution in [2.24, 2.45) is 0 Å². The van der Waals surface area contributed by atoms with Gasteiger partial charge in [0, 0.05) is 13.1 Å². The van der Waals surface area contributed by atoms with Gasteiger partial charge in [-0.2, -0.15) is 0 Å². The summed E-state index contributed by atoms with van der Waals surface area (Å²) in [6.45, 7) is 1.34. The first-order chi connectivity index (χ1) is 7.68. The van der Waals surface area contributed by atoms with Gasteiger partial charge in [0.05, 0.1) is 6.42 Å². The van der Waals surface area contributed by atoms with E-state index in [2.05, 4.69) is 0 Å². The molecule has 0 spiro atoms. The largest absolute Gasteiger partial charge is 0.481 e. The number of carboxylic acids is 1. The van der Waals surface area contributed by atoms with Crippen LogP contribution in [-0.4, -0.2) is 36.1 Å². The number of hydrogen-bond donors (Lipinski definition) is 1. The zero-order chi connectivity index (χ0) is 11.8. The van der Waals surface area contributed by atoms with Crippen molar-refractivity contribution in [3.63, 3.8) is 0 Å². The summed E-state index contributed by atoms with van der Waals surface area (Å²) in [6.07, 6.45) is 4.27. The van der Waals surface area contributed by atoms with Gasteiger partial charge in [0.1, 0.15) is 0 Å². The number of carbonyl (C=O) groups is 1. The van der Waals surface area contributed by atoms with E-state index >= 15 is 0 Å². The van der Waals surface area contributed by atoms with E-state index in [9.17, 15) is 4.79 Å². The van der Waals surface area contributed by atoms with Gasteiger partial charge < -0.3 is 10.0 Å². The van der Waals surface area contributed by atoms with Crippen molar-refractivity contribution in [2.75, 3.05) is 20.1 Å². The molecule has 86 valence electrons. The number of hydrogen-bond acceptors (Lipinski definition) is 2. The Bertz CT molecular complexity index is 346. The molecule has 0 bridgehead atoms. The molecule has 16 heavy (non-hydrogen) atoms. The van der Waals surface area contributed by atoms with E-state index in [-0.39, 0.29) is 6.42 Å². The first-order valence-corrected chi connectivity index (χ1v) is 5.30. The molecule has 0 atom stereocenters. The summed E-state index contributed by atoms with van der Waals surface area (Å²) < 4.78 is 0. The van der Waals surface area contributed by atoms with Crippen molar-refractivity contribution in [1.29, 1.82) is 0 Å². The first-order valence-electron chi connectivity index (χ1n) is 5.30. The molecule has 0 aromatic heterocycles. The number of aliphatic carboxylic acids is 1. The molecular formula is C13H17NO2. The Labute approximate surface area is 96.0 Å². The van der Waals surface area contributed by atoms with Gasteiger partial charge in [0.15, 0.2) is 0 Å². The zero-order valence-corrected chi connectivity index (χ0v) is 9.47. The highest BCUT2D eigenvalue weighted by Gasteiger charge is 1.99. The van der Waals surface area contributed by atoms with Crippen LogP contribution < -0.4 is 0 Å². The molecule has 0 unspecified atom stereocenters. The quantitative estimate of drug-likeness (QED) is 0.796. The van der Waals surface area contributed by atoms with Crippen LogP contribution >= 0.6 is 0 Å². The number of carboxylic acid groups (broad SMARTS) is 1. The first kappa shape index (κ1) is 12.5. The third-order valence-electron chi connectivity index (χ3n) is 2.23. The maximum Gasteiger partial charge on any atom is 0.304 e. The third kappa shape index (κ3) is 5.32. The standard InChI is InChI=1S/C13H17NO2/c1-14(11-9-13(15)16)10-5-8-12-6-3-2-4-7-12/h2-8H,9-11H2,1H3,(H,15,16). The van der Waals surface area contributed by atoms with E-state index in [1.54, 1.807) is 0 Å². The molecule has 1 rings (SSSR count). The maximum absolute atomic E-state index is 10.4. The molecule has 0 aliphatic carbocycles. The van der Waals surface area contributed by atoms with Crippen LogP contribution in [0.1, 0.15) is 12.0 Å². The van der Waals surface area contributed by atoms with Crippen molar-refractivity contribution in [2.45, 2.75) is 6.42 Å². The number of nitrogens with zero attached hydrogens (tertiary/aromatic N) is 1. The van der Waals surface area contributed by atoms with E-state index in [4.69, 9.17) is 5.11 Å². The number of rotatable bonds is 6. The molecule has 0 saturated heterocycles. The average Bonchev–Trinajstić information content (AvgIpc) is 2.28. The fourth-order valence-electron chi connectivity index (χ4n) is 1.31. The van der Waals surface area contributed by atoms with E-state index in [1.807, 2.05) is 54.4 Å². The Morgan fingerprint density at radius 2 is 2.06 bits per heavy atom. The summed E-state index contributed by atoms with van der Waals surface area (Å²) in [6, 6.07) is 10.0. The summed E-state index contributed by atoms with van der Waals surface area (Å²) in [5, 5.41) is 8.52. The predicted octanol–water partition coefficient (Wildman–Crippen LogP) is 2.11. The lowest BCUT2D eigenvalue weighted by Gasteiger charge is -2.11. The average molecular weight is 219 g/mol. The Balaban J connectivity index is 2.28. The summed E-state index contributed by atoms with van der Waals surface area (Å²) in [5.74, 6) is -0.751. The van der Waals surface area contributed by atoms with Gasteiger partial charge in [0.2, 0.25) is 0 Å². The minimum Gasteiger partial charge on any atom is -0.481 e. The molecule has 0 heterocycles. The normalized spacial score (nSPS) is 11.1. The maximum atomic E-state index is 10.4. The Morgan fingerprint density at radius 1 is 1.38 bits per heavy atom. The number of benzene rings is 1. The molecule has 3 heteroatoms. The zero-order valence-electron chi connectivity index (χ0n) is 9.47. The van der Waals surface area contributed by atoms with Crippen molar-refractivity contribution >= 4 is 12.0 Å². The van der Waals surface area contributed by atoms with Crippen molar-refractivity contribution in [3.05, 3.63) is 42.0 Å². The van der Waals surface area contributed by atoms with Gasteiger partial charge in [-0.3, -0.25) is 4.79 Å². The van der Waals surface area contributed by atoms with Gasteiger partial charge in [-0.1, -0.05) is 42.5 Å². The fourth-order valence-corrected chi connectivity index (χ4v) is 1.31. The second-order valence-corrected chi connectivity index (χ2v) is 3.72. The van der Waals surface area contributed by atoms with E-state index < -0.39 is 5.97 Å². The minimum absolute atomic E-state index is 0.190. The molecule has 0 amide bonds. The SMILES string of the molecule is CN(CC=Cc1ccccc1)CCC(=O)O. The van der Waals surface area contributed by atoms with Crippen molar-refractivity contribution < 1.29 is 9.90 Å². The smallest absolute Gasteiger partial charge is 0.304 e. The highest BCUT2D eigenvalue weighted by Crippen LogP contribution is 2.01. The summed E-state index contributed by atoms with van der Waals surface area (Å²) >= 11 is 0. The monoisotopic (exact) mass is 219 g/mol. The van der Waals surface area contributed by atoms with Crippen LogP contribution in [-0.2, 0) is 4.79 Å². The van der Waals surface area contributed by atoms with Crippen molar-refractivity contribution in [3.8, 4) is 0 Å². The van der Waals surface area contributed by atoms with Crippen LogP contribution in [0.25, 0.3) is 6.08 Å². The lowest BCUT2D eigenvalue weighted by Crippen LogP contribution is -2.21. The van der Waals surface area contributed by atoms with E-state index in [0.717, 1.165) is 12.1 Å². The summed E-state index contributed by atoms with van der Waals surface area (Å²) in [4.78, 5) is 12.3. The highest BCUT2D eigenvalue weighted by atomic mass is 16.4. The Kier molecular flexibility index (Phi) is 5.29. The van der Waals surface area contributed by atoms with Crippen LogP contribution in [0.3, 0.4) is 0 Å². The third-order valence-corrected chi connectivity index (χ3v) is 2.23. The summed E-state index contributed by atoms with van der Waals surface area (Å²) in [5.41, 5.74) is 1.16. The van der Waals surface area contributed by atoms with Crippen LogP contribution in [0.15, 0.2) is 36.4 Å². The van der Waals surface area contributed by atoms with Crippen LogP contribution in [0.4, 0.5) is 0 Å². The second-order valence-electron chi connectivity index (χ2n) is 3.72. The van der Waals surface area contributed by atoms with E-state index in [0.29, 0.717) is 6.54 Å². The molecule has 1 aromatic rings. The van der Waals surface area contributed by atoms with Crippen molar-refractivity contribution in [1.82, 2.24) is 4.90 Å². The number of likely N-dealkylation sites (N-methyl/N-ethyl adjacent to an activating group) is 1. The predicted molar refractivity (Wildman–Crippen MR) is 65.2 cm³/mol. The highest BCUT2D eigenvalue weighted by molar-refractivity contribution is 5.66. The van der Waals surface area contributed by atoms with Gasteiger partial charge in [-0.25, -0.2) is 0 Å². The molecule has 0 aliphatic rings. The molecule has 3 nitrogen and oxygen atoms in total. The van der Waals surface area contributed by atoms with Crippen LogP contribution in [0.2, 0.25) is 0 Å². The van der Waals surface area contributed by atoms with Crippen LogP contribution in [0.5, 0.6) is 0 Å². The molecular weight excluding hydrogens is 202 g/mol. The second kappa shape index (κ2) is 6.80. The Hall–Kier alpha value is -1.61. The van der Waals surface area contributed by atoms with Gasteiger partial charge in [-0.15, -0.1) is 0 Å². The molecule has 0 saturated carbocycles. The lowest BCUT2D eigenvalue weighted by molar-refractivity contribution is -0.137. The van der Waals surface area contributed by atoms with Gasteiger partial charge >= 0.3 is 5.97 Å². The molecule has 1 aromatic carbocycles. The fraction of sp³-hybridized carbons (Fsp3) is 0.308. The molecule has 0 aliphatic heterocycles. The minimum atomic E-state index is -0.751. The van der Waals surface area contributed by atoms with Crippen LogP contribution in [0, 0.1) is 0 Å². The lowest BCUT2D eigenvalue weighted by atomic mass is 10.2. The summed E-state index contributed by atoms with van der Waals surface area (Å²) in [7, 11) is 1.91. The molecule has 0 radical (unpaired) electrons. The van der Waals surface area contributed by atoms with E-state index in [1.165, 1.54) is 0 Å². The molecule has 1 N–H and O–H groups in total.